The molecule has 7 heteroatoms. The van der Waals surface area contributed by atoms with Gasteiger partial charge in [0.15, 0.2) is 0 Å². The van der Waals surface area contributed by atoms with E-state index in [0.29, 0.717) is 11.3 Å². The normalized spacial score (nSPS) is 15.0. The van der Waals surface area contributed by atoms with E-state index in [0.717, 1.165) is 25.7 Å². The zero-order valence-electron chi connectivity index (χ0n) is 17.7. The molecule has 0 saturated heterocycles. The molecular formula is C25H25FN4O2. The van der Waals surface area contributed by atoms with E-state index < -0.39 is 17.8 Å². The van der Waals surface area contributed by atoms with Gasteiger partial charge >= 0.3 is 0 Å². The number of aromatic nitrogens is 2. The molecule has 0 unspecified atom stereocenters. The number of hydrogen-bond donors (Lipinski definition) is 1. The molecule has 1 aromatic heterocycles. The van der Waals surface area contributed by atoms with Crippen LogP contribution < -0.4 is 10.2 Å². The monoisotopic (exact) mass is 432 g/mol. The Bertz CT molecular complexity index is 1040. The molecule has 2 aromatic carbocycles. The number of rotatable bonds is 6. The molecule has 6 nitrogen and oxygen atoms in total. The lowest BCUT2D eigenvalue weighted by Crippen LogP contribution is -2.47. The highest BCUT2D eigenvalue weighted by molar-refractivity contribution is 6.09. The van der Waals surface area contributed by atoms with Gasteiger partial charge in [-0.1, -0.05) is 49.6 Å². The molecule has 1 saturated carbocycles. The number of halogens is 1. The molecule has 0 spiro atoms. The summed E-state index contributed by atoms with van der Waals surface area (Å²) in [5.74, 6) is -1.19. The summed E-state index contributed by atoms with van der Waals surface area (Å²) < 4.78 is 13.7. The summed E-state index contributed by atoms with van der Waals surface area (Å²) in [7, 11) is 0. The Hall–Kier alpha value is -3.61. The minimum Gasteiger partial charge on any atom is -0.351 e. The van der Waals surface area contributed by atoms with Crippen LogP contribution in [0.5, 0.6) is 0 Å². The number of amides is 2. The van der Waals surface area contributed by atoms with Gasteiger partial charge in [-0.25, -0.2) is 9.37 Å². The maximum atomic E-state index is 13.7. The highest BCUT2D eigenvalue weighted by Crippen LogP contribution is 2.30. The third kappa shape index (κ3) is 4.99. The van der Waals surface area contributed by atoms with Crippen molar-refractivity contribution in [2.45, 2.75) is 44.2 Å². The van der Waals surface area contributed by atoms with E-state index in [2.05, 4.69) is 15.3 Å². The Morgan fingerprint density at radius 2 is 1.69 bits per heavy atom. The van der Waals surface area contributed by atoms with Crippen molar-refractivity contribution in [2.24, 2.45) is 0 Å². The van der Waals surface area contributed by atoms with Gasteiger partial charge in [0, 0.05) is 24.1 Å². The summed E-state index contributed by atoms with van der Waals surface area (Å²) >= 11 is 0. The van der Waals surface area contributed by atoms with E-state index in [1.54, 1.807) is 0 Å². The van der Waals surface area contributed by atoms with E-state index >= 15 is 0 Å². The first-order valence-corrected chi connectivity index (χ1v) is 10.8. The molecule has 3 aromatic rings. The van der Waals surface area contributed by atoms with Crippen LogP contribution in [0.15, 0.2) is 73.2 Å². The molecular weight excluding hydrogens is 407 g/mol. The van der Waals surface area contributed by atoms with Crippen molar-refractivity contribution in [1.82, 2.24) is 15.3 Å². The fourth-order valence-corrected chi connectivity index (χ4v) is 4.10. The number of anilines is 1. The Morgan fingerprint density at radius 1 is 0.969 bits per heavy atom. The van der Waals surface area contributed by atoms with E-state index in [-0.39, 0.29) is 17.6 Å². The number of nitrogens with one attached hydrogen (secondary N) is 1. The van der Waals surface area contributed by atoms with Crippen LogP contribution >= 0.6 is 0 Å². The van der Waals surface area contributed by atoms with Gasteiger partial charge in [0.2, 0.25) is 5.91 Å². The summed E-state index contributed by atoms with van der Waals surface area (Å²) in [5, 5.41) is 3.14. The van der Waals surface area contributed by atoms with Gasteiger partial charge in [-0.2, -0.15) is 0 Å². The maximum Gasteiger partial charge on any atom is 0.279 e. The number of nitrogens with zero attached hydrogens (tertiary/aromatic N) is 3. The second-order valence-corrected chi connectivity index (χ2v) is 7.90. The molecule has 0 aliphatic heterocycles. The third-order valence-electron chi connectivity index (χ3n) is 5.68. The predicted octanol–water partition coefficient (Wildman–Crippen LogP) is 4.45. The molecule has 1 heterocycles. The Balaban J connectivity index is 1.77. The maximum absolute atomic E-state index is 13.7. The Kier molecular flexibility index (Phi) is 6.84. The molecule has 1 aliphatic carbocycles. The summed E-state index contributed by atoms with van der Waals surface area (Å²) in [5.41, 5.74) is 1.15. The molecule has 32 heavy (non-hydrogen) atoms. The fourth-order valence-electron chi connectivity index (χ4n) is 4.10. The molecule has 0 bridgehead atoms. The lowest BCUT2D eigenvalue weighted by Gasteiger charge is -2.33. The lowest BCUT2D eigenvalue weighted by atomic mass is 9.94. The quantitative estimate of drug-likeness (QED) is 0.624. The van der Waals surface area contributed by atoms with Gasteiger partial charge in [-0.3, -0.25) is 19.5 Å². The standard InChI is InChI=1S/C25H25FN4O2/c26-19-11-13-21(14-12-19)30(25(32)22-17-27-15-16-28-22)23(18-7-3-1-4-8-18)24(31)29-20-9-5-2-6-10-20/h1,3-4,7-8,11-17,20,23H,2,5-6,9-10H2,(H,29,31)/t23-/m1/s1. The molecule has 1 N–H and O–H groups in total. The molecule has 164 valence electrons. The Morgan fingerprint density at radius 3 is 2.34 bits per heavy atom. The zero-order chi connectivity index (χ0) is 22.3. The van der Waals surface area contributed by atoms with Crippen LogP contribution in [-0.2, 0) is 4.79 Å². The van der Waals surface area contributed by atoms with Crippen LogP contribution in [0.1, 0.15) is 54.2 Å². The second kappa shape index (κ2) is 10.1. The van der Waals surface area contributed by atoms with Gasteiger partial charge in [0.05, 0.1) is 6.20 Å². The number of carbonyl (C=O) groups is 2. The number of carbonyl (C=O) groups excluding carboxylic acids is 2. The van der Waals surface area contributed by atoms with E-state index in [1.165, 1.54) is 54.2 Å². The first-order valence-electron chi connectivity index (χ1n) is 10.8. The summed E-state index contributed by atoms with van der Waals surface area (Å²) in [4.78, 5) is 36.7. The fraction of sp³-hybridized carbons (Fsp3) is 0.280. The molecule has 1 atom stereocenters. The van der Waals surface area contributed by atoms with Gasteiger partial charge in [0.1, 0.15) is 17.6 Å². The van der Waals surface area contributed by atoms with E-state index in [4.69, 9.17) is 0 Å². The van der Waals surface area contributed by atoms with Crippen LogP contribution in [0.3, 0.4) is 0 Å². The van der Waals surface area contributed by atoms with Crippen molar-refractivity contribution in [3.05, 3.63) is 90.3 Å². The van der Waals surface area contributed by atoms with Crippen molar-refractivity contribution >= 4 is 17.5 Å². The summed E-state index contributed by atoms with van der Waals surface area (Å²) in [6.45, 7) is 0. The van der Waals surface area contributed by atoms with Crippen molar-refractivity contribution in [1.29, 1.82) is 0 Å². The van der Waals surface area contributed by atoms with Crippen LogP contribution in [-0.4, -0.2) is 27.8 Å². The predicted molar refractivity (Wildman–Crippen MR) is 119 cm³/mol. The number of hydrogen-bond acceptors (Lipinski definition) is 4. The first kappa shape index (κ1) is 21.6. The van der Waals surface area contributed by atoms with Crippen molar-refractivity contribution in [2.75, 3.05) is 4.90 Å². The molecule has 0 radical (unpaired) electrons. The number of benzene rings is 2. The van der Waals surface area contributed by atoms with Crippen molar-refractivity contribution < 1.29 is 14.0 Å². The Labute approximate surface area is 186 Å². The topological polar surface area (TPSA) is 75.2 Å². The second-order valence-electron chi connectivity index (χ2n) is 7.90. The van der Waals surface area contributed by atoms with Crippen LogP contribution in [0.4, 0.5) is 10.1 Å². The average molecular weight is 432 g/mol. The van der Waals surface area contributed by atoms with Gasteiger partial charge < -0.3 is 5.32 Å². The molecule has 4 rings (SSSR count). The van der Waals surface area contributed by atoms with Gasteiger partial charge in [-0.15, -0.1) is 0 Å². The lowest BCUT2D eigenvalue weighted by molar-refractivity contribution is -0.123. The molecule has 1 fully saturated rings. The zero-order valence-corrected chi connectivity index (χ0v) is 17.7. The van der Waals surface area contributed by atoms with Gasteiger partial charge in [0.25, 0.3) is 5.91 Å². The highest BCUT2D eigenvalue weighted by Gasteiger charge is 2.35. The third-order valence-corrected chi connectivity index (χ3v) is 5.68. The van der Waals surface area contributed by atoms with Crippen LogP contribution in [0.2, 0.25) is 0 Å². The van der Waals surface area contributed by atoms with Gasteiger partial charge in [-0.05, 0) is 42.7 Å². The molecule has 1 aliphatic rings. The average Bonchev–Trinajstić information content (AvgIpc) is 2.84. The van der Waals surface area contributed by atoms with E-state index in [1.807, 2.05) is 30.3 Å². The summed E-state index contributed by atoms with van der Waals surface area (Å²) in [6, 6.07) is 13.8. The van der Waals surface area contributed by atoms with Crippen molar-refractivity contribution in [3.8, 4) is 0 Å². The highest BCUT2D eigenvalue weighted by atomic mass is 19.1. The first-order chi connectivity index (χ1) is 15.6. The minimum absolute atomic E-state index is 0.0733. The largest absolute Gasteiger partial charge is 0.351 e. The molecule has 2 amide bonds. The minimum atomic E-state index is -0.946. The van der Waals surface area contributed by atoms with E-state index in [9.17, 15) is 14.0 Å². The smallest absolute Gasteiger partial charge is 0.279 e. The van der Waals surface area contributed by atoms with Crippen LogP contribution in [0, 0.1) is 5.82 Å². The summed E-state index contributed by atoms with van der Waals surface area (Å²) in [6.07, 6.45) is 9.41. The van der Waals surface area contributed by atoms with Crippen LogP contribution in [0.25, 0.3) is 0 Å². The SMILES string of the molecule is O=C(NC1CCCCC1)[C@@H](c1ccccc1)N(C(=O)c1cnccn1)c1ccc(F)cc1. The van der Waals surface area contributed by atoms with Crippen molar-refractivity contribution in [3.63, 3.8) is 0 Å².